The van der Waals surface area contributed by atoms with E-state index < -0.39 is 6.10 Å². The molecule has 0 saturated heterocycles. The smallest absolute Gasteiger partial charge is 0.123 e. The largest absolute Gasteiger partial charge is 0.388 e. The molecule has 0 radical (unpaired) electrons. The van der Waals surface area contributed by atoms with Crippen molar-refractivity contribution in [1.82, 2.24) is 4.98 Å². The number of nitrogens with zero attached hydrogens (tertiary/aromatic N) is 1. The minimum Gasteiger partial charge on any atom is -0.388 e. The summed E-state index contributed by atoms with van der Waals surface area (Å²) < 4.78 is 13.9. The van der Waals surface area contributed by atoms with E-state index in [1.54, 1.807) is 17.4 Å². The summed E-state index contributed by atoms with van der Waals surface area (Å²) in [7, 11) is 0. The van der Waals surface area contributed by atoms with E-state index in [1.807, 2.05) is 13.8 Å². The second-order valence-electron chi connectivity index (χ2n) is 4.13. The van der Waals surface area contributed by atoms with Crippen LogP contribution in [0.15, 0.2) is 22.7 Å². The predicted molar refractivity (Wildman–Crippen MR) is 74.4 cm³/mol. The van der Waals surface area contributed by atoms with Crippen molar-refractivity contribution in [3.63, 3.8) is 0 Å². The third-order valence-electron chi connectivity index (χ3n) is 2.76. The molecule has 2 nitrogen and oxygen atoms in total. The van der Waals surface area contributed by atoms with E-state index >= 15 is 0 Å². The normalized spacial score (nSPS) is 12.7. The molecule has 0 aliphatic carbocycles. The van der Waals surface area contributed by atoms with Gasteiger partial charge in [-0.1, -0.05) is 15.9 Å². The lowest BCUT2D eigenvalue weighted by Gasteiger charge is -2.11. The van der Waals surface area contributed by atoms with Gasteiger partial charge in [0.05, 0.1) is 16.8 Å². The summed E-state index contributed by atoms with van der Waals surface area (Å²) in [6, 6.07) is 4.31. The third kappa shape index (κ3) is 2.96. The van der Waals surface area contributed by atoms with E-state index in [2.05, 4.69) is 20.9 Å². The Morgan fingerprint density at radius 1 is 1.44 bits per heavy atom. The molecule has 1 atom stereocenters. The van der Waals surface area contributed by atoms with Gasteiger partial charge in [0, 0.05) is 15.8 Å². The molecule has 2 aromatic rings. The minimum atomic E-state index is -0.750. The van der Waals surface area contributed by atoms with Gasteiger partial charge < -0.3 is 5.11 Å². The van der Waals surface area contributed by atoms with E-state index in [-0.39, 0.29) is 5.82 Å². The highest BCUT2D eigenvalue weighted by molar-refractivity contribution is 9.10. The van der Waals surface area contributed by atoms with Crippen molar-refractivity contribution in [2.75, 3.05) is 0 Å². The van der Waals surface area contributed by atoms with Crippen LogP contribution in [0.4, 0.5) is 4.39 Å². The summed E-state index contributed by atoms with van der Waals surface area (Å²) in [5.41, 5.74) is 1.54. The Morgan fingerprint density at radius 3 is 2.78 bits per heavy atom. The van der Waals surface area contributed by atoms with Gasteiger partial charge in [-0.25, -0.2) is 9.37 Å². The van der Waals surface area contributed by atoms with E-state index in [1.165, 1.54) is 12.1 Å². The van der Waals surface area contributed by atoms with Crippen LogP contribution in [-0.4, -0.2) is 10.1 Å². The molecule has 0 amide bonds. The minimum absolute atomic E-state index is 0.348. The molecule has 2 rings (SSSR count). The number of hydrogen-bond donors (Lipinski definition) is 1. The number of aliphatic hydroxyl groups excluding tert-OH is 1. The molecule has 1 heterocycles. The maximum Gasteiger partial charge on any atom is 0.123 e. The van der Waals surface area contributed by atoms with Crippen LogP contribution in [0.25, 0.3) is 0 Å². The van der Waals surface area contributed by atoms with Crippen molar-refractivity contribution in [1.29, 1.82) is 0 Å². The van der Waals surface area contributed by atoms with Gasteiger partial charge in [0.2, 0.25) is 0 Å². The molecule has 1 aromatic heterocycles. The zero-order valence-electron chi connectivity index (χ0n) is 10.1. The number of hydrogen-bond acceptors (Lipinski definition) is 3. The van der Waals surface area contributed by atoms with Crippen LogP contribution in [-0.2, 0) is 6.42 Å². The Balaban J connectivity index is 2.21. The summed E-state index contributed by atoms with van der Waals surface area (Å²) >= 11 is 4.89. The van der Waals surface area contributed by atoms with Crippen molar-refractivity contribution in [2.24, 2.45) is 0 Å². The maximum absolute atomic E-state index is 13.2. The number of halogens is 2. The predicted octanol–water partition coefficient (Wildman–Crippen LogP) is 3.94. The van der Waals surface area contributed by atoms with Crippen LogP contribution in [0.1, 0.15) is 27.2 Å². The Kier molecular flexibility index (Phi) is 4.14. The number of rotatable bonds is 3. The summed E-state index contributed by atoms with van der Waals surface area (Å²) in [6.45, 7) is 3.95. The molecular formula is C13H13BrFNOS. The van der Waals surface area contributed by atoms with E-state index in [0.29, 0.717) is 16.5 Å². The van der Waals surface area contributed by atoms with Crippen molar-refractivity contribution in [3.05, 3.63) is 49.6 Å². The molecule has 96 valence electrons. The Morgan fingerprint density at radius 2 is 2.17 bits per heavy atom. The number of aromatic nitrogens is 1. The van der Waals surface area contributed by atoms with Crippen LogP contribution >= 0.6 is 27.3 Å². The second kappa shape index (κ2) is 5.47. The molecule has 5 heteroatoms. The first-order valence-corrected chi connectivity index (χ1v) is 7.14. The van der Waals surface area contributed by atoms with Crippen LogP contribution in [0.5, 0.6) is 0 Å². The molecule has 0 saturated carbocycles. The van der Waals surface area contributed by atoms with Crippen molar-refractivity contribution in [2.45, 2.75) is 26.4 Å². The number of aryl methyl sites for hydroxylation is 2. The summed E-state index contributed by atoms with van der Waals surface area (Å²) in [4.78, 5) is 5.53. The first-order valence-electron chi connectivity index (χ1n) is 5.53. The Bertz CT molecular complexity index is 551. The number of benzene rings is 1. The standard InChI is InChI=1S/C13H13BrFNOS/c1-7-8(2)18-13(16-7)6-12(17)10-5-9(15)3-4-11(10)14/h3-5,12,17H,6H2,1-2H3. The lowest BCUT2D eigenvalue weighted by Crippen LogP contribution is -2.03. The van der Waals surface area contributed by atoms with Gasteiger partial charge >= 0.3 is 0 Å². The molecule has 18 heavy (non-hydrogen) atoms. The van der Waals surface area contributed by atoms with Gasteiger partial charge in [-0.3, -0.25) is 0 Å². The van der Waals surface area contributed by atoms with Crippen LogP contribution in [0, 0.1) is 19.7 Å². The summed E-state index contributed by atoms with van der Waals surface area (Å²) in [6.07, 6.45) is -0.346. The van der Waals surface area contributed by atoms with Crippen molar-refractivity contribution >= 4 is 27.3 Å². The molecule has 0 fully saturated rings. The highest BCUT2D eigenvalue weighted by Crippen LogP contribution is 2.28. The fraction of sp³-hybridized carbons (Fsp3) is 0.308. The topological polar surface area (TPSA) is 33.1 Å². The third-order valence-corrected chi connectivity index (χ3v) is 4.58. The molecule has 0 aliphatic heterocycles. The van der Waals surface area contributed by atoms with Crippen LogP contribution < -0.4 is 0 Å². The van der Waals surface area contributed by atoms with Crippen molar-refractivity contribution < 1.29 is 9.50 Å². The van der Waals surface area contributed by atoms with E-state index in [9.17, 15) is 9.50 Å². The summed E-state index contributed by atoms with van der Waals surface area (Å²) in [5, 5.41) is 11.0. The van der Waals surface area contributed by atoms with E-state index in [0.717, 1.165) is 15.6 Å². The van der Waals surface area contributed by atoms with Gasteiger partial charge in [0.25, 0.3) is 0 Å². The monoisotopic (exact) mass is 329 g/mol. The number of aliphatic hydroxyl groups is 1. The second-order valence-corrected chi connectivity index (χ2v) is 6.28. The first-order chi connectivity index (χ1) is 8.47. The molecule has 1 aromatic carbocycles. The molecule has 0 spiro atoms. The van der Waals surface area contributed by atoms with Gasteiger partial charge in [-0.2, -0.15) is 0 Å². The zero-order chi connectivity index (χ0) is 13.3. The van der Waals surface area contributed by atoms with Crippen LogP contribution in [0.2, 0.25) is 0 Å². The van der Waals surface area contributed by atoms with E-state index in [4.69, 9.17) is 0 Å². The molecule has 1 unspecified atom stereocenters. The molecule has 1 N–H and O–H groups in total. The highest BCUT2D eigenvalue weighted by atomic mass is 79.9. The Labute approximate surface area is 118 Å². The average molecular weight is 330 g/mol. The van der Waals surface area contributed by atoms with Crippen LogP contribution in [0.3, 0.4) is 0 Å². The SMILES string of the molecule is Cc1nc(CC(O)c2cc(F)ccc2Br)sc1C. The fourth-order valence-electron chi connectivity index (χ4n) is 1.67. The molecular weight excluding hydrogens is 317 g/mol. The first kappa shape index (κ1) is 13.6. The summed E-state index contributed by atoms with van der Waals surface area (Å²) in [5.74, 6) is -0.348. The zero-order valence-corrected chi connectivity index (χ0v) is 12.5. The fourth-order valence-corrected chi connectivity index (χ4v) is 3.15. The lowest BCUT2D eigenvalue weighted by molar-refractivity contribution is 0.177. The van der Waals surface area contributed by atoms with Crippen molar-refractivity contribution in [3.8, 4) is 0 Å². The maximum atomic E-state index is 13.2. The highest BCUT2D eigenvalue weighted by Gasteiger charge is 2.15. The molecule has 0 bridgehead atoms. The average Bonchev–Trinajstić information content (AvgIpc) is 2.61. The van der Waals surface area contributed by atoms with Gasteiger partial charge in [-0.15, -0.1) is 11.3 Å². The number of thiazole rings is 1. The van der Waals surface area contributed by atoms with Gasteiger partial charge in [0.15, 0.2) is 0 Å². The quantitative estimate of drug-likeness (QED) is 0.925. The molecule has 0 aliphatic rings. The Hall–Kier alpha value is -0.780. The van der Waals surface area contributed by atoms with Gasteiger partial charge in [0.1, 0.15) is 5.82 Å². The lowest BCUT2D eigenvalue weighted by atomic mass is 10.1. The van der Waals surface area contributed by atoms with Gasteiger partial charge in [-0.05, 0) is 37.6 Å².